The summed E-state index contributed by atoms with van der Waals surface area (Å²) in [6.07, 6.45) is 12.1. The number of pyridine rings is 5. The maximum atomic E-state index is 12.1. The first kappa shape index (κ1) is 86.4. The summed E-state index contributed by atoms with van der Waals surface area (Å²) in [6.45, 7) is 9.01. The van der Waals surface area contributed by atoms with Crippen LogP contribution in [0.15, 0.2) is 183 Å². The lowest BCUT2D eigenvalue weighted by Gasteiger charge is -2.37. The molecular formula is C93H98N30O10S. The summed E-state index contributed by atoms with van der Waals surface area (Å²) < 4.78 is 71.9. The molecule has 10 N–H and O–H groups in total. The van der Waals surface area contributed by atoms with Gasteiger partial charge in [-0.3, -0.25) is 78.0 Å². The maximum absolute atomic E-state index is 12.1. The highest BCUT2D eigenvalue weighted by atomic mass is 32.2. The summed E-state index contributed by atoms with van der Waals surface area (Å²) in [5, 5.41) is 80.5. The Hall–Kier alpha value is -15.6. The van der Waals surface area contributed by atoms with Gasteiger partial charge in [0.2, 0.25) is 29.4 Å². The van der Waals surface area contributed by atoms with E-state index in [9.17, 15) is 4.21 Å². The van der Waals surface area contributed by atoms with Crippen LogP contribution in [0.2, 0.25) is 0 Å². The van der Waals surface area contributed by atoms with Gasteiger partial charge in [0.15, 0.2) is 29.1 Å². The van der Waals surface area contributed by atoms with Crippen LogP contribution in [0.3, 0.4) is 0 Å². The lowest BCUT2D eigenvalue weighted by molar-refractivity contribution is -0.120. The Morgan fingerprint density at radius 3 is 1.07 bits per heavy atom. The normalized spacial score (nSPS) is 16.4. The number of aromatic amines is 5. The molecule has 4 aliphatic rings. The number of aromatic nitrogens is 25. The summed E-state index contributed by atoms with van der Waals surface area (Å²) in [5.74, 6) is 12.2. The molecule has 134 heavy (non-hydrogen) atoms. The summed E-state index contributed by atoms with van der Waals surface area (Å²) in [4.78, 5) is 21.9. The second-order valence-electron chi connectivity index (χ2n) is 33.6. The number of benzene rings is 5. The molecule has 4 aliphatic heterocycles. The average molecular weight is 1830 g/mol. The molecule has 41 heteroatoms. The number of rotatable bonds is 25. The van der Waals surface area contributed by atoms with Gasteiger partial charge in [0.1, 0.15) is 39.8 Å². The van der Waals surface area contributed by atoms with E-state index in [4.69, 9.17) is 42.6 Å². The minimum absolute atomic E-state index is 0.0312. The Bertz CT molecular complexity index is 7710. The number of fused-ring (bicyclic) bond motifs is 10. The van der Waals surface area contributed by atoms with Crippen molar-refractivity contribution in [1.29, 1.82) is 0 Å². The van der Waals surface area contributed by atoms with Crippen molar-refractivity contribution < 1.29 is 46.8 Å². The van der Waals surface area contributed by atoms with Gasteiger partial charge in [0, 0.05) is 144 Å². The van der Waals surface area contributed by atoms with E-state index in [2.05, 4.69) is 141 Å². The number of aryl methyl sites for hydroxylation is 5. The van der Waals surface area contributed by atoms with Crippen molar-refractivity contribution in [3.8, 4) is 29.4 Å². The van der Waals surface area contributed by atoms with Crippen molar-refractivity contribution in [2.24, 2.45) is 46.6 Å². The molecule has 0 spiro atoms. The molecule has 15 aromatic heterocycles. The number of ether oxygens (including phenoxy) is 9. The molecule has 0 amide bonds. The van der Waals surface area contributed by atoms with Crippen molar-refractivity contribution in [1.82, 2.24) is 125 Å². The second-order valence-corrected chi connectivity index (χ2v) is 36.3. The molecule has 5 aromatic carbocycles. The molecule has 4 saturated heterocycles. The number of hydrogen-bond acceptors (Lipinski definition) is 30. The molecule has 0 radical (unpaired) electrons. The van der Waals surface area contributed by atoms with E-state index in [-0.39, 0.29) is 17.6 Å². The Morgan fingerprint density at radius 2 is 0.746 bits per heavy atom. The molecule has 0 saturated carbocycles. The lowest BCUT2D eigenvalue weighted by atomic mass is 9.90. The fourth-order valence-corrected chi connectivity index (χ4v) is 17.7. The summed E-state index contributed by atoms with van der Waals surface area (Å²) >= 11 is 0. The van der Waals surface area contributed by atoms with Crippen LogP contribution in [0.5, 0.6) is 29.4 Å². The van der Waals surface area contributed by atoms with E-state index in [0.29, 0.717) is 109 Å². The van der Waals surface area contributed by atoms with Crippen LogP contribution >= 0.6 is 0 Å². The SMILES string of the molecule is C=S1(=O)CCC(Oc2nn(C)c3cc(Nc4n[nH]c5cccnc45)ccc23)CC1.COCCCOc1nn(C)c2cc(Nc3n[nH]c4cccnc34)ccc12.Cn1nc(OC2CCOC2)c2ccc(Nc3n[nH]c4cccnc34)cc21.Cn1nc(OCC2(C)COC2)c2ccc(Nc3n[nH]c4cccnc34)cc21.Cn1nc(OCC2COC2)c2ccc(Nc3n[nH]c4cccnc34)cc21. The molecule has 1 unspecified atom stereocenters. The van der Waals surface area contributed by atoms with Crippen LogP contribution < -0.4 is 50.3 Å². The molecule has 40 nitrogen and oxygen atoms in total. The van der Waals surface area contributed by atoms with Crippen molar-refractivity contribution in [3.05, 3.63) is 183 Å². The molecule has 19 heterocycles. The Balaban J connectivity index is 0.000000104. The summed E-state index contributed by atoms with van der Waals surface area (Å²) in [5.41, 5.74) is 18.0. The highest BCUT2D eigenvalue weighted by Gasteiger charge is 2.35. The number of H-pyrrole nitrogens is 5. The maximum Gasteiger partial charge on any atom is 0.241 e. The van der Waals surface area contributed by atoms with Gasteiger partial charge in [-0.25, -0.2) is 0 Å². The van der Waals surface area contributed by atoms with Crippen LogP contribution in [0.4, 0.5) is 57.5 Å². The van der Waals surface area contributed by atoms with Gasteiger partial charge in [-0.1, -0.05) is 6.92 Å². The van der Waals surface area contributed by atoms with Crippen LogP contribution in [0.1, 0.15) is 32.6 Å². The third-order valence-electron chi connectivity index (χ3n) is 23.4. The van der Waals surface area contributed by atoms with Gasteiger partial charge in [-0.2, -0.15) is 25.5 Å². The van der Waals surface area contributed by atoms with Gasteiger partial charge in [-0.15, -0.1) is 25.5 Å². The first-order valence-corrected chi connectivity index (χ1v) is 45.9. The fraction of sp³-hybridized carbons (Fsp3) is 0.290. The van der Waals surface area contributed by atoms with E-state index in [0.717, 1.165) is 197 Å². The van der Waals surface area contributed by atoms with Crippen LogP contribution in [0.25, 0.3) is 110 Å². The highest BCUT2D eigenvalue weighted by molar-refractivity contribution is 8.00. The van der Waals surface area contributed by atoms with Gasteiger partial charge in [0.05, 0.1) is 142 Å². The third-order valence-corrected chi connectivity index (χ3v) is 25.4. The Kier molecular flexibility index (Phi) is 24.3. The molecule has 0 bridgehead atoms. The van der Waals surface area contributed by atoms with Gasteiger partial charge < -0.3 is 69.2 Å². The monoisotopic (exact) mass is 1830 g/mol. The molecule has 24 rings (SSSR count). The smallest absolute Gasteiger partial charge is 0.241 e. The Morgan fingerprint density at radius 1 is 0.410 bits per heavy atom. The first-order valence-electron chi connectivity index (χ1n) is 43.8. The Labute approximate surface area is 764 Å². The zero-order valence-electron chi connectivity index (χ0n) is 74.5. The van der Waals surface area contributed by atoms with E-state index in [1.807, 2.05) is 210 Å². The zero-order chi connectivity index (χ0) is 91.4. The van der Waals surface area contributed by atoms with E-state index < -0.39 is 9.52 Å². The lowest BCUT2D eigenvalue weighted by Crippen LogP contribution is -2.44. The summed E-state index contributed by atoms with van der Waals surface area (Å²) in [6, 6.07) is 49.2. The number of nitrogens with one attached hydrogen (secondary N) is 10. The van der Waals surface area contributed by atoms with Crippen molar-refractivity contribution in [2.75, 3.05) is 111 Å². The molecule has 1 atom stereocenters. The predicted molar refractivity (Wildman–Crippen MR) is 514 cm³/mol. The van der Waals surface area contributed by atoms with Crippen LogP contribution in [0, 0.1) is 11.3 Å². The van der Waals surface area contributed by atoms with Gasteiger partial charge in [0.25, 0.3) is 0 Å². The minimum atomic E-state index is -1.92. The van der Waals surface area contributed by atoms with Crippen LogP contribution in [-0.2, 0) is 63.7 Å². The molecule has 0 aliphatic carbocycles. The standard InChI is InChI=1S/C20H22N6O2S.C19H20N6O2.2C18H18N6O2.C18H20N6O2/c1-26-17-12-13(22-19-18-16(23-24-19)4-3-9-21-18)5-6-15(17)20(25-26)28-14-7-10-29(2,27)11-8-14;1-19(9-26-10-19)11-27-18-13-6-5-12(8-15(13)25(2)24-18)21-17-16-14(22-23-17)4-3-7-20-16;1-24-15-9-11(20-17-16-14(21-22-17)3-2-7-19-16)4-5-13(15)18(23-24)26-12-6-8-25-10-12;1-24-15-7-12(20-17-16-14(21-22-17)3-2-6-19-16)4-5-13(15)18(23-24)26-10-11-8-25-9-11;1-24-15-11-12(20-17-16-14(21-22-17)5-3-8-19-16)6-7-13(15)18(23-24)26-10-4-9-25-2/h3-6,9,12,14H,2,7-8,10-11H2,1H3,(H2,22,23,24);3-8H,9-11H2,1-2H3,(H2,21,22,23);2-5,7,9,12H,6,8,10H2,1H3,(H2,20,21,22);2-7,11H,8-10H2,1H3,(H2,20,21,22);3,5-8,11H,4,9-10H2,1-2H3,(H2,20,21,22). The zero-order valence-corrected chi connectivity index (χ0v) is 75.3. The van der Waals surface area contributed by atoms with Crippen LogP contribution in [-0.4, -0.2) is 232 Å². The minimum Gasteiger partial charge on any atom is -0.476 e. The molecular weight excluding hydrogens is 1730 g/mol. The highest BCUT2D eigenvalue weighted by Crippen LogP contribution is 2.39. The fourth-order valence-electron chi connectivity index (χ4n) is 16.1. The number of hydrogen-bond donors (Lipinski definition) is 10. The molecule has 4 fully saturated rings. The van der Waals surface area contributed by atoms with Gasteiger partial charge >= 0.3 is 0 Å². The first-order chi connectivity index (χ1) is 65.4. The van der Waals surface area contributed by atoms with Crippen molar-refractivity contribution in [3.63, 3.8) is 0 Å². The number of methoxy groups -OCH3 is 1. The topological polar surface area (TPSA) is 457 Å². The van der Waals surface area contributed by atoms with Gasteiger partial charge in [-0.05, 0) is 180 Å². The van der Waals surface area contributed by atoms with E-state index in [1.54, 1.807) is 38.1 Å². The quantitative estimate of drug-likeness (QED) is 0.0188. The largest absolute Gasteiger partial charge is 0.476 e. The molecule has 686 valence electrons. The summed E-state index contributed by atoms with van der Waals surface area (Å²) in [7, 11) is 9.30. The average Bonchev–Trinajstić information content (AvgIpc) is 1.73. The second kappa shape index (κ2) is 37.7. The molecule has 20 aromatic rings. The number of nitrogens with zero attached hydrogens (tertiary/aromatic N) is 20. The van der Waals surface area contributed by atoms with E-state index >= 15 is 0 Å². The number of anilines is 10. The van der Waals surface area contributed by atoms with Crippen molar-refractivity contribution >= 4 is 183 Å². The predicted octanol–water partition coefficient (Wildman–Crippen LogP) is 14.2. The third kappa shape index (κ3) is 18.8. The van der Waals surface area contributed by atoms with Crippen molar-refractivity contribution in [2.45, 2.75) is 44.8 Å². The van der Waals surface area contributed by atoms with E-state index in [1.165, 1.54) is 0 Å².